The predicted octanol–water partition coefficient (Wildman–Crippen LogP) is 3.11. The van der Waals surface area contributed by atoms with Gasteiger partial charge in [-0.2, -0.15) is 0 Å². The van der Waals surface area contributed by atoms with Crippen LogP contribution in [0.3, 0.4) is 0 Å². The van der Waals surface area contributed by atoms with Crippen molar-refractivity contribution in [2.24, 2.45) is 4.99 Å². The number of guanidine groups is 1. The Labute approximate surface area is 172 Å². The first-order chi connectivity index (χ1) is 12.3. The topological polar surface area (TPSA) is 65.7 Å². The predicted molar refractivity (Wildman–Crippen MR) is 116 cm³/mol. The Morgan fingerprint density at radius 2 is 1.96 bits per heavy atom. The Morgan fingerprint density at radius 1 is 1.23 bits per heavy atom. The van der Waals surface area contributed by atoms with E-state index < -0.39 is 0 Å². The highest BCUT2D eigenvalue weighted by Gasteiger charge is 2.18. The van der Waals surface area contributed by atoms with E-state index in [-0.39, 0.29) is 24.0 Å². The van der Waals surface area contributed by atoms with Crippen molar-refractivity contribution in [1.29, 1.82) is 0 Å². The van der Waals surface area contributed by atoms with E-state index in [0.29, 0.717) is 18.5 Å². The van der Waals surface area contributed by atoms with Gasteiger partial charge in [0.15, 0.2) is 5.96 Å². The fourth-order valence-electron chi connectivity index (χ4n) is 3.05. The standard InChI is InChI=1S/C19H27N5O.HI/c1-15(24-10-6-7-11-24)12-21-19(20-2)22-13-17-14-25-18(23-17)16-8-4-3-5-9-16;/h3-5,8-9,14-15H,6-7,10-13H2,1-2H3,(H2,20,21,22);1H. The minimum absolute atomic E-state index is 0. The summed E-state index contributed by atoms with van der Waals surface area (Å²) in [5.74, 6) is 1.43. The van der Waals surface area contributed by atoms with E-state index in [1.54, 1.807) is 13.3 Å². The molecule has 26 heavy (non-hydrogen) atoms. The second-order valence-electron chi connectivity index (χ2n) is 6.41. The summed E-state index contributed by atoms with van der Waals surface area (Å²) in [5, 5.41) is 6.69. The van der Waals surface area contributed by atoms with Gasteiger partial charge in [0.25, 0.3) is 0 Å². The summed E-state index contributed by atoms with van der Waals surface area (Å²) >= 11 is 0. The second-order valence-corrected chi connectivity index (χ2v) is 6.41. The lowest BCUT2D eigenvalue weighted by Crippen LogP contribution is -2.45. The molecule has 0 spiro atoms. The molecule has 142 valence electrons. The fraction of sp³-hybridized carbons (Fsp3) is 0.474. The number of nitrogens with zero attached hydrogens (tertiary/aromatic N) is 3. The molecule has 2 heterocycles. The number of rotatable bonds is 6. The highest BCUT2D eigenvalue weighted by molar-refractivity contribution is 14.0. The molecule has 1 aliphatic heterocycles. The zero-order valence-corrected chi connectivity index (χ0v) is 17.8. The average Bonchev–Trinajstić information content (AvgIpc) is 3.34. The van der Waals surface area contributed by atoms with E-state index in [1.165, 1.54) is 25.9 Å². The zero-order valence-electron chi connectivity index (χ0n) is 15.4. The molecule has 0 bridgehead atoms. The van der Waals surface area contributed by atoms with Gasteiger partial charge in [0.1, 0.15) is 6.26 Å². The van der Waals surface area contributed by atoms with Crippen molar-refractivity contribution in [2.75, 3.05) is 26.7 Å². The molecule has 1 aliphatic rings. The van der Waals surface area contributed by atoms with E-state index >= 15 is 0 Å². The molecule has 3 rings (SSSR count). The second kappa shape index (κ2) is 10.5. The number of hydrogen-bond donors (Lipinski definition) is 2. The Hall–Kier alpha value is -1.61. The van der Waals surface area contributed by atoms with E-state index in [9.17, 15) is 0 Å². The van der Waals surface area contributed by atoms with Crippen LogP contribution < -0.4 is 10.6 Å². The van der Waals surface area contributed by atoms with Gasteiger partial charge in [-0.1, -0.05) is 18.2 Å². The molecule has 0 saturated carbocycles. The lowest BCUT2D eigenvalue weighted by Gasteiger charge is -2.24. The van der Waals surface area contributed by atoms with Crippen molar-refractivity contribution in [2.45, 2.75) is 32.4 Å². The largest absolute Gasteiger partial charge is 0.444 e. The molecule has 6 nitrogen and oxygen atoms in total. The number of aromatic nitrogens is 1. The van der Waals surface area contributed by atoms with Crippen molar-refractivity contribution in [3.05, 3.63) is 42.3 Å². The molecule has 1 saturated heterocycles. The molecule has 1 fully saturated rings. The first-order valence-corrected chi connectivity index (χ1v) is 8.94. The van der Waals surface area contributed by atoms with Gasteiger partial charge in [-0.25, -0.2) is 4.98 Å². The normalized spacial score (nSPS) is 16.2. The summed E-state index contributed by atoms with van der Waals surface area (Å²) in [6, 6.07) is 10.4. The molecule has 0 aliphatic carbocycles. The van der Waals surface area contributed by atoms with Crippen LogP contribution in [0.25, 0.3) is 11.5 Å². The summed E-state index contributed by atoms with van der Waals surface area (Å²) in [4.78, 5) is 11.3. The van der Waals surface area contributed by atoms with Gasteiger partial charge in [-0.3, -0.25) is 9.89 Å². The summed E-state index contributed by atoms with van der Waals surface area (Å²) in [7, 11) is 1.79. The van der Waals surface area contributed by atoms with Crippen LogP contribution in [-0.4, -0.2) is 48.6 Å². The Balaban J connectivity index is 0.00000243. The van der Waals surface area contributed by atoms with Crippen LogP contribution in [0.4, 0.5) is 0 Å². The molecule has 1 aromatic heterocycles. The highest BCUT2D eigenvalue weighted by atomic mass is 127. The monoisotopic (exact) mass is 469 g/mol. The first-order valence-electron chi connectivity index (χ1n) is 8.94. The maximum atomic E-state index is 5.56. The number of halogens is 1. The van der Waals surface area contributed by atoms with Gasteiger partial charge in [-0.15, -0.1) is 24.0 Å². The van der Waals surface area contributed by atoms with Gasteiger partial charge < -0.3 is 15.1 Å². The van der Waals surface area contributed by atoms with Crippen LogP contribution in [0.5, 0.6) is 0 Å². The minimum atomic E-state index is 0. The number of oxazole rings is 1. The first kappa shape index (κ1) is 20.7. The van der Waals surface area contributed by atoms with Gasteiger partial charge in [0, 0.05) is 25.2 Å². The lowest BCUT2D eigenvalue weighted by atomic mass is 10.2. The van der Waals surface area contributed by atoms with Crippen molar-refractivity contribution in [3.63, 3.8) is 0 Å². The van der Waals surface area contributed by atoms with Gasteiger partial charge in [0.2, 0.25) is 5.89 Å². The Kier molecular flexibility index (Phi) is 8.37. The number of benzene rings is 1. The number of aliphatic imine (C=N–C) groups is 1. The molecular formula is C19H28IN5O. The summed E-state index contributed by atoms with van der Waals surface area (Å²) in [5.41, 5.74) is 1.84. The van der Waals surface area contributed by atoms with Gasteiger partial charge in [0.05, 0.1) is 12.2 Å². The smallest absolute Gasteiger partial charge is 0.226 e. The summed E-state index contributed by atoms with van der Waals surface area (Å²) < 4.78 is 5.56. The zero-order chi connectivity index (χ0) is 17.5. The molecule has 2 aromatic rings. The third-order valence-corrected chi connectivity index (χ3v) is 4.56. The molecule has 2 N–H and O–H groups in total. The van der Waals surface area contributed by atoms with Crippen molar-refractivity contribution >= 4 is 29.9 Å². The number of hydrogen-bond acceptors (Lipinski definition) is 4. The number of likely N-dealkylation sites (tertiary alicyclic amines) is 1. The van der Waals surface area contributed by atoms with Crippen LogP contribution in [0.1, 0.15) is 25.5 Å². The van der Waals surface area contributed by atoms with Crippen molar-refractivity contribution < 1.29 is 4.42 Å². The quantitative estimate of drug-likeness (QED) is 0.387. The lowest BCUT2D eigenvalue weighted by molar-refractivity contribution is 0.259. The van der Waals surface area contributed by atoms with Crippen molar-refractivity contribution in [1.82, 2.24) is 20.5 Å². The molecule has 0 amide bonds. The van der Waals surface area contributed by atoms with Crippen LogP contribution in [-0.2, 0) is 6.54 Å². The average molecular weight is 469 g/mol. The Bertz CT molecular complexity index is 682. The molecule has 1 unspecified atom stereocenters. The molecule has 0 radical (unpaired) electrons. The van der Waals surface area contributed by atoms with E-state index in [0.717, 1.165) is 23.8 Å². The third-order valence-electron chi connectivity index (χ3n) is 4.56. The van der Waals surface area contributed by atoms with Crippen LogP contribution in [0.2, 0.25) is 0 Å². The number of nitrogens with one attached hydrogen (secondary N) is 2. The Morgan fingerprint density at radius 3 is 2.65 bits per heavy atom. The maximum absolute atomic E-state index is 5.56. The minimum Gasteiger partial charge on any atom is -0.444 e. The highest BCUT2D eigenvalue weighted by Crippen LogP contribution is 2.17. The molecule has 7 heteroatoms. The van der Waals surface area contributed by atoms with E-state index in [1.807, 2.05) is 30.3 Å². The van der Waals surface area contributed by atoms with Crippen LogP contribution >= 0.6 is 24.0 Å². The van der Waals surface area contributed by atoms with Gasteiger partial charge >= 0.3 is 0 Å². The molecule has 1 aromatic carbocycles. The molecule has 1 atom stereocenters. The van der Waals surface area contributed by atoms with E-state index in [2.05, 4.69) is 32.4 Å². The fourth-order valence-corrected chi connectivity index (χ4v) is 3.05. The SMILES string of the molecule is CN=C(NCc1coc(-c2ccccc2)n1)NCC(C)N1CCCC1.I. The van der Waals surface area contributed by atoms with Crippen LogP contribution in [0, 0.1) is 0 Å². The summed E-state index contributed by atoms with van der Waals surface area (Å²) in [6.07, 6.45) is 4.32. The van der Waals surface area contributed by atoms with Gasteiger partial charge in [-0.05, 0) is 45.0 Å². The maximum Gasteiger partial charge on any atom is 0.226 e. The van der Waals surface area contributed by atoms with E-state index in [4.69, 9.17) is 4.42 Å². The molecular weight excluding hydrogens is 441 g/mol. The summed E-state index contributed by atoms with van der Waals surface area (Å²) in [6.45, 7) is 6.13. The van der Waals surface area contributed by atoms with Crippen LogP contribution in [0.15, 0.2) is 46.0 Å². The third kappa shape index (κ3) is 5.70. The van der Waals surface area contributed by atoms with Crippen molar-refractivity contribution in [3.8, 4) is 11.5 Å².